The first kappa shape index (κ1) is 14.9. The number of methoxy groups -OCH3 is 1. The molecule has 102 valence electrons. The Morgan fingerprint density at radius 3 is 2.50 bits per heavy atom. The predicted molar refractivity (Wildman–Crippen MR) is 71.2 cm³/mol. The highest BCUT2D eigenvalue weighted by Gasteiger charge is 2.17. The van der Waals surface area contributed by atoms with Gasteiger partial charge in [0.05, 0.1) is 12.0 Å². The molecule has 18 heavy (non-hydrogen) atoms. The molecule has 1 rings (SSSR count). The molecule has 1 aromatic rings. The molecule has 0 saturated heterocycles. The molecule has 0 saturated carbocycles. The largest absolute Gasteiger partial charge is 0.496 e. The number of sulfonamides is 1. The van der Waals surface area contributed by atoms with Crippen LogP contribution < -0.4 is 14.8 Å². The van der Waals surface area contributed by atoms with Gasteiger partial charge in [-0.25, -0.2) is 13.1 Å². The molecule has 0 aliphatic heterocycles. The fourth-order valence-electron chi connectivity index (χ4n) is 1.63. The van der Waals surface area contributed by atoms with Gasteiger partial charge in [0.25, 0.3) is 0 Å². The van der Waals surface area contributed by atoms with E-state index in [1.165, 1.54) is 0 Å². The van der Waals surface area contributed by atoms with Gasteiger partial charge in [-0.05, 0) is 39.1 Å². The van der Waals surface area contributed by atoms with Crippen LogP contribution in [-0.2, 0) is 16.6 Å². The van der Waals surface area contributed by atoms with E-state index in [1.54, 1.807) is 46.2 Å². The SMILES string of the molecule is CNCc1cc(S(=O)(=O)NC(C)C)ccc1OC. The number of hydrogen-bond donors (Lipinski definition) is 2. The van der Waals surface area contributed by atoms with E-state index in [9.17, 15) is 8.42 Å². The van der Waals surface area contributed by atoms with Gasteiger partial charge in [-0.15, -0.1) is 0 Å². The third kappa shape index (κ3) is 3.69. The van der Waals surface area contributed by atoms with Crippen molar-refractivity contribution >= 4 is 10.0 Å². The lowest BCUT2D eigenvalue weighted by Crippen LogP contribution is -2.30. The minimum Gasteiger partial charge on any atom is -0.496 e. The summed E-state index contributed by atoms with van der Waals surface area (Å²) in [6.07, 6.45) is 0. The van der Waals surface area contributed by atoms with Crippen LogP contribution in [0.1, 0.15) is 19.4 Å². The number of nitrogens with one attached hydrogen (secondary N) is 2. The fourth-order valence-corrected chi connectivity index (χ4v) is 2.93. The van der Waals surface area contributed by atoms with Crippen LogP contribution in [0.4, 0.5) is 0 Å². The zero-order valence-electron chi connectivity index (χ0n) is 11.1. The average molecular weight is 272 g/mol. The maximum atomic E-state index is 12.0. The van der Waals surface area contributed by atoms with Crippen molar-refractivity contribution in [3.63, 3.8) is 0 Å². The molecule has 0 heterocycles. The van der Waals surface area contributed by atoms with Crippen molar-refractivity contribution in [2.24, 2.45) is 0 Å². The monoisotopic (exact) mass is 272 g/mol. The molecule has 0 spiro atoms. The van der Waals surface area contributed by atoms with Gasteiger partial charge in [0.15, 0.2) is 0 Å². The number of ether oxygens (including phenoxy) is 1. The van der Waals surface area contributed by atoms with Crippen LogP contribution in [0.3, 0.4) is 0 Å². The molecule has 0 bridgehead atoms. The van der Waals surface area contributed by atoms with Crippen LogP contribution in [0.25, 0.3) is 0 Å². The average Bonchev–Trinajstić information content (AvgIpc) is 2.27. The van der Waals surface area contributed by atoms with Gasteiger partial charge >= 0.3 is 0 Å². The van der Waals surface area contributed by atoms with E-state index in [1.807, 2.05) is 0 Å². The number of rotatable bonds is 6. The van der Waals surface area contributed by atoms with Gasteiger partial charge in [-0.3, -0.25) is 0 Å². The summed E-state index contributed by atoms with van der Waals surface area (Å²) in [5, 5.41) is 2.98. The van der Waals surface area contributed by atoms with Crippen LogP contribution in [-0.4, -0.2) is 28.6 Å². The van der Waals surface area contributed by atoms with E-state index in [0.29, 0.717) is 12.3 Å². The Labute approximate surface area is 109 Å². The topological polar surface area (TPSA) is 67.4 Å². The highest BCUT2D eigenvalue weighted by molar-refractivity contribution is 7.89. The summed E-state index contributed by atoms with van der Waals surface area (Å²) < 4.78 is 31.8. The maximum Gasteiger partial charge on any atom is 0.240 e. The first-order chi connectivity index (χ1) is 8.40. The van der Waals surface area contributed by atoms with Gasteiger partial charge in [0.1, 0.15) is 5.75 Å². The molecule has 0 radical (unpaired) electrons. The molecule has 2 N–H and O–H groups in total. The summed E-state index contributed by atoms with van der Waals surface area (Å²) >= 11 is 0. The quantitative estimate of drug-likeness (QED) is 0.814. The maximum absolute atomic E-state index is 12.0. The molecule has 0 aliphatic rings. The predicted octanol–water partition coefficient (Wildman–Crippen LogP) is 1.10. The Balaban J connectivity index is 3.15. The molecule has 5 nitrogen and oxygen atoms in total. The van der Waals surface area contributed by atoms with E-state index in [4.69, 9.17) is 4.74 Å². The highest BCUT2D eigenvalue weighted by Crippen LogP contribution is 2.22. The third-order valence-corrected chi connectivity index (χ3v) is 3.98. The molecule has 0 aromatic heterocycles. The summed E-state index contributed by atoms with van der Waals surface area (Å²) in [6.45, 7) is 4.12. The zero-order valence-corrected chi connectivity index (χ0v) is 12.0. The van der Waals surface area contributed by atoms with Crippen LogP contribution in [0.5, 0.6) is 5.75 Å². The lowest BCUT2D eigenvalue weighted by Gasteiger charge is -2.13. The van der Waals surface area contributed by atoms with E-state index in [2.05, 4.69) is 10.0 Å². The summed E-state index contributed by atoms with van der Waals surface area (Å²) in [6, 6.07) is 4.70. The Kier molecular flexibility index (Phi) is 5.13. The van der Waals surface area contributed by atoms with E-state index >= 15 is 0 Å². The Morgan fingerprint density at radius 2 is 2.00 bits per heavy atom. The molecule has 0 atom stereocenters. The second-order valence-electron chi connectivity index (χ2n) is 4.28. The standard InChI is InChI=1S/C12H20N2O3S/c1-9(2)14-18(15,16)11-5-6-12(17-4)10(7-11)8-13-3/h5-7,9,13-14H,8H2,1-4H3. The minimum atomic E-state index is -3.46. The summed E-state index contributed by atoms with van der Waals surface area (Å²) in [7, 11) is -0.0956. The smallest absolute Gasteiger partial charge is 0.240 e. The van der Waals surface area contributed by atoms with Gasteiger partial charge in [0, 0.05) is 18.2 Å². The van der Waals surface area contributed by atoms with Crippen molar-refractivity contribution in [2.75, 3.05) is 14.2 Å². The van der Waals surface area contributed by atoms with Crippen LogP contribution in [0, 0.1) is 0 Å². The molecule has 0 unspecified atom stereocenters. The van der Waals surface area contributed by atoms with Crippen molar-refractivity contribution in [2.45, 2.75) is 31.3 Å². The van der Waals surface area contributed by atoms with Gasteiger partial charge in [-0.2, -0.15) is 0 Å². The molecule has 0 aliphatic carbocycles. The fraction of sp³-hybridized carbons (Fsp3) is 0.500. The first-order valence-electron chi connectivity index (χ1n) is 5.74. The summed E-state index contributed by atoms with van der Waals surface area (Å²) in [4.78, 5) is 0.252. The van der Waals surface area contributed by atoms with E-state index < -0.39 is 10.0 Å². The highest BCUT2D eigenvalue weighted by atomic mass is 32.2. The molecule has 1 aromatic carbocycles. The Morgan fingerprint density at radius 1 is 1.33 bits per heavy atom. The molecular formula is C12H20N2O3S. The summed E-state index contributed by atoms with van der Waals surface area (Å²) in [5.41, 5.74) is 0.812. The molecule has 0 amide bonds. The Bertz CT molecular complexity index is 498. The lowest BCUT2D eigenvalue weighted by molar-refractivity contribution is 0.408. The van der Waals surface area contributed by atoms with Crippen molar-refractivity contribution < 1.29 is 13.2 Å². The second kappa shape index (κ2) is 6.17. The van der Waals surface area contributed by atoms with Crippen molar-refractivity contribution in [3.05, 3.63) is 23.8 Å². The zero-order chi connectivity index (χ0) is 13.8. The molecular weight excluding hydrogens is 252 g/mol. The van der Waals surface area contributed by atoms with Crippen molar-refractivity contribution in [1.29, 1.82) is 0 Å². The minimum absolute atomic E-state index is 0.134. The molecule has 0 fully saturated rings. The second-order valence-corrected chi connectivity index (χ2v) is 5.99. The van der Waals surface area contributed by atoms with Gasteiger partial charge in [0.2, 0.25) is 10.0 Å². The van der Waals surface area contributed by atoms with E-state index in [-0.39, 0.29) is 10.9 Å². The normalized spacial score (nSPS) is 11.8. The number of benzene rings is 1. The van der Waals surface area contributed by atoms with Gasteiger partial charge < -0.3 is 10.1 Å². The van der Waals surface area contributed by atoms with Crippen molar-refractivity contribution in [1.82, 2.24) is 10.0 Å². The van der Waals surface area contributed by atoms with E-state index in [0.717, 1.165) is 5.56 Å². The van der Waals surface area contributed by atoms with Crippen LogP contribution >= 0.6 is 0 Å². The Hall–Kier alpha value is -1.11. The van der Waals surface area contributed by atoms with Crippen LogP contribution in [0.15, 0.2) is 23.1 Å². The van der Waals surface area contributed by atoms with Crippen LogP contribution in [0.2, 0.25) is 0 Å². The number of hydrogen-bond acceptors (Lipinski definition) is 4. The third-order valence-electron chi connectivity index (χ3n) is 2.32. The molecule has 6 heteroatoms. The summed E-state index contributed by atoms with van der Waals surface area (Å²) in [5.74, 6) is 0.674. The van der Waals surface area contributed by atoms with Crippen molar-refractivity contribution in [3.8, 4) is 5.75 Å². The lowest BCUT2D eigenvalue weighted by atomic mass is 10.2. The first-order valence-corrected chi connectivity index (χ1v) is 7.23. The van der Waals surface area contributed by atoms with Gasteiger partial charge in [-0.1, -0.05) is 0 Å².